The Hall–Kier alpha value is -1.91. The second kappa shape index (κ2) is 6.19. The molecule has 0 spiro atoms. The molecule has 1 fully saturated rings. The van der Waals surface area contributed by atoms with E-state index in [0.717, 1.165) is 41.0 Å². The van der Waals surface area contributed by atoms with E-state index in [1.165, 1.54) is 12.8 Å². The average Bonchev–Trinajstić information content (AvgIpc) is 2.85. The third-order valence-electron chi connectivity index (χ3n) is 5.39. The number of nitrogens with zero attached hydrogens (tertiary/aromatic N) is 2. The highest BCUT2D eigenvalue weighted by Crippen LogP contribution is 2.37. The van der Waals surface area contributed by atoms with Gasteiger partial charge < -0.3 is 14.9 Å². The minimum Gasteiger partial charge on any atom is -0.390 e. The second-order valence-electron chi connectivity index (χ2n) is 7.23. The van der Waals surface area contributed by atoms with Gasteiger partial charge in [-0.05, 0) is 49.4 Å². The molecule has 1 saturated heterocycles. The number of carbonyl (C=O) groups excluding carboxylic acids is 1. The Labute approximate surface area is 142 Å². The molecule has 4 heteroatoms. The molecular weight excluding hydrogens is 300 g/mol. The molecule has 0 saturated carbocycles. The number of benzene rings is 2. The van der Waals surface area contributed by atoms with Crippen LogP contribution in [0.2, 0.25) is 0 Å². The quantitative estimate of drug-likeness (QED) is 0.940. The summed E-state index contributed by atoms with van der Waals surface area (Å²) in [7, 11) is 0. The predicted octanol–water partition coefficient (Wildman–Crippen LogP) is 2.89. The fourth-order valence-electron chi connectivity index (χ4n) is 3.97. The first-order chi connectivity index (χ1) is 11.6. The van der Waals surface area contributed by atoms with Crippen LogP contribution in [0.15, 0.2) is 36.4 Å². The first-order valence-electron chi connectivity index (χ1n) is 8.87. The van der Waals surface area contributed by atoms with Gasteiger partial charge in [0.2, 0.25) is 0 Å². The van der Waals surface area contributed by atoms with Gasteiger partial charge in [0.05, 0.1) is 18.3 Å². The van der Waals surface area contributed by atoms with Crippen molar-refractivity contribution in [3.8, 4) is 0 Å². The van der Waals surface area contributed by atoms with Crippen LogP contribution in [-0.4, -0.2) is 48.2 Å². The number of rotatable bonds is 4. The van der Waals surface area contributed by atoms with E-state index in [0.29, 0.717) is 13.1 Å². The van der Waals surface area contributed by atoms with E-state index in [-0.39, 0.29) is 5.91 Å². The molecule has 0 aromatic heterocycles. The lowest BCUT2D eigenvalue weighted by Gasteiger charge is -2.32. The third kappa shape index (κ3) is 2.70. The van der Waals surface area contributed by atoms with Crippen molar-refractivity contribution < 1.29 is 9.90 Å². The van der Waals surface area contributed by atoms with Crippen LogP contribution in [-0.2, 0) is 0 Å². The molecule has 2 heterocycles. The van der Waals surface area contributed by atoms with Gasteiger partial charge >= 0.3 is 0 Å². The molecule has 1 N–H and O–H groups in total. The summed E-state index contributed by atoms with van der Waals surface area (Å²) in [5, 5.41) is 12.6. The number of carbonyl (C=O) groups is 1. The van der Waals surface area contributed by atoms with Gasteiger partial charge in [0, 0.05) is 17.5 Å². The van der Waals surface area contributed by atoms with E-state index in [1.807, 2.05) is 36.4 Å². The summed E-state index contributed by atoms with van der Waals surface area (Å²) >= 11 is 0. The van der Waals surface area contributed by atoms with E-state index >= 15 is 0 Å². The largest absolute Gasteiger partial charge is 0.390 e. The van der Waals surface area contributed by atoms with Crippen molar-refractivity contribution >= 4 is 22.4 Å². The molecule has 4 rings (SSSR count). The second-order valence-corrected chi connectivity index (χ2v) is 7.23. The van der Waals surface area contributed by atoms with E-state index < -0.39 is 6.10 Å². The molecule has 0 aliphatic carbocycles. The molecule has 2 aromatic carbocycles. The molecule has 1 amide bonds. The first-order valence-corrected chi connectivity index (χ1v) is 8.87. The van der Waals surface area contributed by atoms with E-state index in [4.69, 9.17) is 0 Å². The summed E-state index contributed by atoms with van der Waals surface area (Å²) < 4.78 is 0. The van der Waals surface area contributed by atoms with Crippen LogP contribution < -0.4 is 4.90 Å². The molecule has 2 aliphatic rings. The monoisotopic (exact) mass is 324 g/mol. The topological polar surface area (TPSA) is 43.8 Å². The fourth-order valence-corrected chi connectivity index (χ4v) is 3.97. The zero-order valence-corrected chi connectivity index (χ0v) is 14.1. The standard InChI is InChI=1S/C20H24N2O2/c1-14-8-10-21(11-9-14)12-16(23)13-22-18-7-3-5-15-4-2-6-17(19(15)18)20(22)24/h2-7,14,16,23H,8-13H2,1H3/t16-/m0/s1. The molecule has 126 valence electrons. The van der Waals surface area contributed by atoms with Crippen LogP contribution in [0.3, 0.4) is 0 Å². The van der Waals surface area contributed by atoms with Gasteiger partial charge in [-0.15, -0.1) is 0 Å². The summed E-state index contributed by atoms with van der Waals surface area (Å²) in [4.78, 5) is 16.8. The van der Waals surface area contributed by atoms with Crippen LogP contribution in [0, 0.1) is 5.92 Å². The zero-order chi connectivity index (χ0) is 16.7. The number of anilines is 1. The number of hydrogen-bond donors (Lipinski definition) is 1. The summed E-state index contributed by atoms with van der Waals surface area (Å²) in [6.07, 6.45) is 1.87. The van der Waals surface area contributed by atoms with Crippen molar-refractivity contribution in [1.29, 1.82) is 0 Å². The summed E-state index contributed by atoms with van der Waals surface area (Å²) in [6.45, 7) is 5.38. The Morgan fingerprint density at radius 2 is 1.83 bits per heavy atom. The Morgan fingerprint density at radius 3 is 2.58 bits per heavy atom. The van der Waals surface area contributed by atoms with Gasteiger partial charge in [0.1, 0.15) is 0 Å². The Bertz CT molecular complexity index is 760. The highest BCUT2D eigenvalue weighted by molar-refractivity contribution is 6.25. The van der Waals surface area contributed by atoms with E-state index in [1.54, 1.807) is 4.90 Å². The van der Waals surface area contributed by atoms with Crippen LogP contribution in [0.5, 0.6) is 0 Å². The zero-order valence-electron chi connectivity index (χ0n) is 14.1. The van der Waals surface area contributed by atoms with Crippen molar-refractivity contribution in [2.45, 2.75) is 25.9 Å². The van der Waals surface area contributed by atoms with Gasteiger partial charge in [-0.25, -0.2) is 0 Å². The van der Waals surface area contributed by atoms with Crippen molar-refractivity contribution in [1.82, 2.24) is 4.90 Å². The van der Waals surface area contributed by atoms with Crippen molar-refractivity contribution in [2.75, 3.05) is 31.1 Å². The number of β-amino-alcohol motifs (C(OH)–C–C–N with tert-alkyl or cyclic N) is 1. The van der Waals surface area contributed by atoms with E-state index in [2.05, 4.69) is 11.8 Å². The fraction of sp³-hybridized carbons (Fsp3) is 0.450. The Morgan fingerprint density at radius 1 is 1.12 bits per heavy atom. The van der Waals surface area contributed by atoms with Gasteiger partial charge in [0.15, 0.2) is 0 Å². The summed E-state index contributed by atoms with van der Waals surface area (Å²) in [5.41, 5.74) is 1.68. The predicted molar refractivity (Wildman–Crippen MR) is 96.5 cm³/mol. The maximum absolute atomic E-state index is 12.7. The minimum absolute atomic E-state index is 0.00752. The molecule has 24 heavy (non-hydrogen) atoms. The molecule has 1 atom stereocenters. The van der Waals surface area contributed by atoms with Crippen LogP contribution in [0.1, 0.15) is 30.1 Å². The lowest BCUT2D eigenvalue weighted by Crippen LogP contribution is -2.44. The first kappa shape index (κ1) is 15.6. The van der Waals surface area contributed by atoms with Crippen LogP contribution in [0.4, 0.5) is 5.69 Å². The summed E-state index contributed by atoms with van der Waals surface area (Å²) in [5.74, 6) is 0.791. The highest BCUT2D eigenvalue weighted by atomic mass is 16.3. The minimum atomic E-state index is -0.521. The number of likely N-dealkylation sites (tertiary alicyclic amines) is 1. The Kier molecular flexibility index (Phi) is 4.02. The summed E-state index contributed by atoms with van der Waals surface area (Å²) in [6, 6.07) is 11.8. The molecule has 2 aliphatic heterocycles. The number of aliphatic hydroxyl groups excluding tert-OH is 1. The molecule has 0 radical (unpaired) electrons. The van der Waals surface area contributed by atoms with Crippen molar-refractivity contribution in [3.63, 3.8) is 0 Å². The van der Waals surface area contributed by atoms with Crippen molar-refractivity contribution in [3.05, 3.63) is 42.0 Å². The lowest BCUT2D eigenvalue weighted by molar-refractivity contribution is 0.0860. The highest BCUT2D eigenvalue weighted by Gasteiger charge is 2.31. The number of piperidine rings is 1. The number of aliphatic hydroxyl groups is 1. The van der Waals surface area contributed by atoms with Gasteiger partial charge in [-0.1, -0.05) is 31.2 Å². The van der Waals surface area contributed by atoms with Crippen molar-refractivity contribution in [2.24, 2.45) is 5.92 Å². The SMILES string of the molecule is CC1CCN(C[C@H](O)CN2C(=O)c3cccc4cccc2c34)CC1. The maximum Gasteiger partial charge on any atom is 0.259 e. The maximum atomic E-state index is 12.7. The van der Waals surface area contributed by atoms with Crippen LogP contribution >= 0.6 is 0 Å². The normalized spacial score (nSPS) is 20.1. The Balaban J connectivity index is 1.50. The average molecular weight is 324 g/mol. The van der Waals surface area contributed by atoms with Crippen LogP contribution in [0.25, 0.3) is 10.8 Å². The lowest BCUT2D eigenvalue weighted by atomic mass is 9.99. The molecule has 2 aromatic rings. The number of hydrogen-bond acceptors (Lipinski definition) is 3. The smallest absolute Gasteiger partial charge is 0.259 e. The number of amides is 1. The van der Waals surface area contributed by atoms with Gasteiger partial charge in [-0.3, -0.25) is 4.79 Å². The van der Waals surface area contributed by atoms with Gasteiger partial charge in [0.25, 0.3) is 5.91 Å². The molecule has 0 unspecified atom stereocenters. The molecule has 4 nitrogen and oxygen atoms in total. The third-order valence-corrected chi connectivity index (χ3v) is 5.39. The molecular formula is C20H24N2O2. The van der Waals surface area contributed by atoms with E-state index in [9.17, 15) is 9.90 Å². The van der Waals surface area contributed by atoms with Gasteiger partial charge in [-0.2, -0.15) is 0 Å². The molecule has 0 bridgehead atoms.